The van der Waals surface area contributed by atoms with Crippen molar-refractivity contribution in [2.75, 3.05) is 0 Å². The molecule has 0 N–H and O–H groups in total. The second kappa shape index (κ2) is 4.27. The lowest BCUT2D eigenvalue weighted by Crippen LogP contribution is -2.00. The molecule has 2 nitrogen and oxygen atoms in total. The number of benzene rings is 1. The van der Waals surface area contributed by atoms with E-state index in [1.165, 1.54) is 24.3 Å². The molecular formula is C10H7FO2. The van der Waals surface area contributed by atoms with E-state index < -0.39 is 11.8 Å². The van der Waals surface area contributed by atoms with Gasteiger partial charge in [0.15, 0.2) is 0 Å². The normalized spacial score (nSPS) is 8.46. The average molecular weight is 178 g/mol. The molecule has 1 aromatic carbocycles. The summed E-state index contributed by atoms with van der Waals surface area (Å²) in [6.45, 7) is 1.55. The molecule has 0 aliphatic carbocycles. The maximum atomic E-state index is 12.4. The van der Waals surface area contributed by atoms with Crippen LogP contribution in [-0.4, -0.2) is 5.97 Å². The molecule has 0 saturated heterocycles. The zero-order valence-corrected chi connectivity index (χ0v) is 7.00. The molecule has 1 aromatic rings. The highest BCUT2D eigenvalue weighted by molar-refractivity contribution is 5.89. The van der Waals surface area contributed by atoms with Gasteiger partial charge in [0, 0.05) is 6.92 Å². The first-order chi connectivity index (χ1) is 6.24. The summed E-state index contributed by atoms with van der Waals surface area (Å²) in [4.78, 5) is 11.1. The summed E-state index contributed by atoms with van der Waals surface area (Å²) >= 11 is 0. The Bertz CT molecular complexity index is 357. The first kappa shape index (κ1) is 9.27. The van der Waals surface area contributed by atoms with Crippen LogP contribution in [0.2, 0.25) is 0 Å². The van der Waals surface area contributed by atoms with Gasteiger partial charge in [0.1, 0.15) is 11.9 Å². The highest BCUT2D eigenvalue weighted by Gasteiger charge is 2.04. The lowest BCUT2D eigenvalue weighted by Gasteiger charge is -1.95. The predicted molar refractivity (Wildman–Crippen MR) is 45.3 cm³/mol. The van der Waals surface area contributed by atoms with Gasteiger partial charge in [0.25, 0.3) is 0 Å². The zero-order chi connectivity index (χ0) is 9.68. The Kier molecular flexibility index (Phi) is 3.04. The first-order valence-corrected chi connectivity index (χ1v) is 3.62. The van der Waals surface area contributed by atoms with Gasteiger partial charge in [-0.05, 0) is 24.3 Å². The van der Waals surface area contributed by atoms with E-state index in [4.69, 9.17) is 0 Å². The Balaban J connectivity index is 2.76. The monoisotopic (exact) mass is 178 g/mol. The fourth-order valence-electron chi connectivity index (χ4n) is 0.742. The molecule has 0 spiro atoms. The molecule has 3 heteroatoms. The van der Waals surface area contributed by atoms with E-state index in [9.17, 15) is 9.18 Å². The van der Waals surface area contributed by atoms with Crippen molar-refractivity contribution in [1.29, 1.82) is 0 Å². The minimum atomic E-state index is -0.575. The minimum Gasteiger partial charge on any atom is -0.369 e. The van der Waals surface area contributed by atoms with Gasteiger partial charge in [-0.25, -0.2) is 9.18 Å². The smallest absolute Gasteiger partial charge is 0.352 e. The van der Waals surface area contributed by atoms with Crippen molar-refractivity contribution in [2.24, 2.45) is 0 Å². The Morgan fingerprint density at radius 2 is 2.00 bits per heavy atom. The lowest BCUT2D eigenvalue weighted by atomic mass is 10.2. The number of halogens is 1. The Labute approximate surface area is 75.3 Å². The number of carbonyl (C=O) groups excluding carboxylic acids is 1. The minimum absolute atomic E-state index is 0.282. The van der Waals surface area contributed by atoms with Crippen LogP contribution in [0.15, 0.2) is 24.3 Å². The van der Waals surface area contributed by atoms with E-state index in [0.717, 1.165) is 0 Å². The molecule has 0 fully saturated rings. The molecule has 13 heavy (non-hydrogen) atoms. The number of esters is 1. The Hall–Kier alpha value is -1.82. The first-order valence-electron chi connectivity index (χ1n) is 3.62. The summed E-state index contributed by atoms with van der Waals surface area (Å²) in [6.07, 6.45) is 2.17. The van der Waals surface area contributed by atoms with E-state index in [2.05, 4.69) is 16.8 Å². The maximum Gasteiger partial charge on any atom is 0.352 e. The number of rotatable bonds is 1. The molecule has 0 bridgehead atoms. The molecule has 1 rings (SSSR count). The molecule has 0 heterocycles. The van der Waals surface area contributed by atoms with E-state index >= 15 is 0 Å². The molecule has 0 radical (unpaired) electrons. The van der Waals surface area contributed by atoms with Crippen molar-refractivity contribution in [1.82, 2.24) is 0 Å². The summed E-state index contributed by atoms with van der Waals surface area (Å²) in [5, 5.41) is 0. The van der Waals surface area contributed by atoms with Gasteiger partial charge in [0.2, 0.25) is 0 Å². The average Bonchev–Trinajstić information content (AvgIpc) is 2.15. The quantitative estimate of drug-likeness (QED) is 0.485. The van der Waals surface area contributed by atoms with Gasteiger partial charge in [0.05, 0.1) is 5.56 Å². The Morgan fingerprint density at radius 1 is 1.38 bits per heavy atom. The van der Waals surface area contributed by atoms with Crippen molar-refractivity contribution in [3.63, 3.8) is 0 Å². The second-order valence-electron chi connectivity index (χ2n) is 2.25. The molecule has 66 valence electrons. The molecule has 0 amide bonds. The van der Waals surface area contributed by atoms with Gasteiger partial charge in [-0.3, -0.25) is 0 Å². The van der Waals surface area contributed by atoms with Crippen LogP contribution in [0.25, 0.3) is 0 Å². The lowest BCUT2D eigenvalue weighted by molar-refractivity contribution is 0.0690. The largest absolute Gasteiger partial charge is 0.369 e. The number of ether oxygens (including phenoxy) is 1. The van der Waals surface area contributed by atoms with Gasteiger partial charge in [-0.1, -0.05) is 5.92 Å². The van der Waals surface area contributed by atoms with Gasteiger partial charge in [-0.2, -0.15) is 0 Å². The maximum absolute atomic E-state index is 12.4. The molecule has 0 aromatic heterocycles. The van der Waals surface area contributed by atoms with Crippen LogP contribution in [0.1, 0.15) is 17.3 Å². The van der Waals surface area contributed by atoms with Crippen molar-refractivity contribution in [2.45, 2.75) is 6.92 Å². The van der Waals surface area contributed by atoms with Crippen LogP contribution in [0.4, 0.5) is 4.39 Å². The van der Waals surface area contributed by atoms with Gasteiger partial charge >= 0.3 is 5.97 Å². The van der Waals surface area contributed by atoms with Crippen LogP contribution in [-0.2, 0) is 4.74 Å². The summed E-state index contributed by atoms with van der Waals surface area (Å²) in [5.74, 6) is 1.45. The van der Waals surface area contributed by atoms with Crippen LogP contribution < -0.4 is 0 Å². The summed E-state index contributed by atoms with van der Waals surface area (Å²) in [6, 6.07) is 5.07. The number of hydrogen-bond acceptors (Lipinski definition) is 2. The molecule has 0 saturated carbocycles. The molecule has 0 atom stereocenters. The van der Waals surface area contributed by atoms with Crippen molar-refractivity contribution in [3.05, 3.63) is 35.6 Å². The third kappa shape index (κ3) is 2.60. The van der Waals surface area contributed by atoms with Crippen LogP contribution in [0, 0.1) is 17.8 Å². The Morgan fingerprint density at radius 3 is 2.54 bits per heavy atom. The van der Waals surface area contributed by atoms with Crippen LogP contribution in [0.3, 0.4) is 0 Å². The fourth-order valence-corrected chi connectivity index (χ4v) is 0.742. The topological polar surface area (TPSA) is 26.3 Å². The summed E-state index contributed by atoms with van der Waals surface area (Å²) < 4.78 is 16.9. The van der Waals surface area contributed by atoms with E-state index in [0.29, 0.717) is 0 Å². The van der Waals surface area contributed by atoms with Crippen LogP contribution >= 0.6 is 0 Å². The van der Waals surface area contributed by atoms with E-state index in [-0.39, 0.29) is 5.56 Å². The molecular weight excluding hydrogens is 171 g/mol. The van der Waals surface area contributed by atoms with E-state index in [1.807, 2.05) is 0 Å². The van der Waals surface area contributed by atoms with E-state index in [1.54, 1.807) is 6.92 Å². The molecule has 0 unspecified atom stereocenters. The van der Waals surface area contributed by atoms with Crippen molar-refractivity contribution in [3.8, 4) is 12.0 Å². The zero-order valence-electron chi connectivity index (χ0n) is 7.00. The second-order valence-corrected chi connectivity index (χ2v) is 2.25. The number of carbonyl (C=O) groups is 1. The summed E-state index contributed by atoms with van der Waals surface area (Å²) in [5.41, 5.74) is 0.282. The molecule has 0 aliphatic rings. The number of hydrogen-bond donors (Lipinski definition) is 0. The standard InChI is InChI=1S/C10H7FO2/c1-2-7-13-10(12)8-3-5-9(11)6-4-8/h3-6H,1H3. The summed E-state index contributed by atoms with van der Waals surface area (Å²) in [7, 11) is 0. The van der Waals surface area contributed by atoms with Crippen molar-refractivity contribution >= 4 is 5.97 Å². The van der Waals surface area contributed by atoms with Gasteiger partial charge < -0.3 is 4.74 Å². The third-order valence-electron chi connectivity index (χ3n) is 1.33. The highest BCUT2D eigenvalue weighted by Crippen LogP contribution is 2.03. The van der Waals surface area contributed by atoms with Crippen molar-refractivity contribution < 1.29 is 13.9 Å². The highest BCUT2D eigenvalue weighted by atomic mass is 19.1. The molecule has 0 aliphatic heterocycles. The fraction of sp³-hybridized carbons (Fsp3) is 0.100. The van der Waals surface area contributed by atoms with Crippen LogP contribution in [0.5, 0.6) is 0 Å². The SMILES string of the molecule is CC#COC(=O)c1ccc(F)cc1. The predicted octanol–water partition coefficient (Wildman–Crippen LogP) is 1.96. The third-order valence-corrected chi connectivity index (χ3v) is 1.33. The van der Waals surface area contributed by atoms with Gasteiger partial charge in [-0.15, -0.1) is 0 Å².